The topological polar surface area (TPSA) is 90.3 Å². The fourth-order valence-electron chi connectivity index (χ4n) is 5.11. The molecule has 0 bridgehead atoms. The van der Waals surface area contributed by atoms with Crippen LogP contribution in [0.5, 0.6) is 0 Å². The molecule has 1 saturated heterocycles. The average molecular weight is 608 g/mol. The molecule has 41 heavy (non-hydrogen) atoms. The van der Waals surface area contributed by atoms with Crippen molar-refractivity contribution in [1.82, 2.24) is 9.71 Å². The van der Waals surface area contributed by atoms with Gasteiger partial charge in [0.15, 0.2) is 0 Å². The van der Waals surface area contributed by atoms with Gasteiger partial charge < -0.3 is 15.0 Å². The molecule has 1 unspecified atom stereocenters. The maximum Gasteiger partial charge on any atom is 0.394 e. The lowest BCUT2D eigenvalue weighted by Gasteiger charge is -2.33. The Bertz CT molecular complexity index is 1280. The van der Waals surface area contributed by atoms with Crippen LogP contribution < -0.4 is 14.9 Å². The number of thioether (sulfide) groups is 1. The zero-order valence-corrected chi connectivity index (χ0v) is 25.2. The molecule has 1 saturated carbocycles. The van der Waals surface area contributed by atoms with Crippen molar-refractivity contribution in [3.63, 3.8) is 0 Å². The molecular formula is C29H36F3N5O2S2. The third-order valence-corrected chi connectivity index (χ3v) is 9.72. The molecule has 4 rings (SSSR count). The first-order valence-corrected chi connectivity index (χ1v) is 15.4. The maximum absolute atomic E-state index is 13.3. The summed E-state index contributed by atoms with van der Waals surface area (Å²) in [5.74, 6) is 0.491. The van der Waals surface area contributed by atoms with Crippen LogP contribution in [0.4, 0.5) is 24.8 Å². The number of pyridine rings is 1. The SMILES string of the molecule is CSC1(C)CN(c2nc(N/C=C\C(=N)OCCC3(C(F)(F)F)CC3)ccc2C(=O)NSc2ccccc2)C(C)(C)C1. The van der Waals surface area contributed by atoms with Crippen LogP contribution in [0, 0.1) is 10.8 Å². The second kappa shape index (κ2) is 12.2. The molecule has 1 aliphatic heterocycles. The van der Waals surface area contributed by atoms with E-state index in [2.05, 4.69) is 42.0 Å². The van der Waals surface area contributed by atoms with Gasteiger partial charge in [-0.25, -0.2) is 4.98 Å². The summed E-state index contributed by atoms with van der Waals surface area (Å²) in [5.41, 5.74) is -1.47. The molecule has 1 atom stereocenters. The summed E-state index contributed by atoms with van der Waals surface area (Å²) < 4.78 is 47.4. The molecular weight excluding hydrogens is 571 g/mol. The highest BCUT2D eigenvalue weighted by molar-refractivity contribution is 8.00. The molecule has 2 fully saturated rings. The molecule has 7 nitrogen and oxygen atoms in total. The number of rotatable bonds is 11. The van der Waals surface area contributed by atoms with Crippen LogP contribution in [0.1, 0.15) is 56.8 Å². The van der Waals surface area contributed by atoms with E-state index in [0.29, 0.717) is 23.7 Å². The van der Waals surface area contributed by atoms with Crippen molar-refractivity contribution in [2.45, 2.75) is 67.8 Å². The Morgan fingerprint density at radius 3 is 2.49 bits per heavy atom. The van der Waals surface area contributed by atoms with Crippen LogP contribution in [-0.2, 0) is 4.74 Å². The van der Waals surface area contributed by atoms with E-state index in [1.54, 1.807) is 23.9 Å². The van der Waals surface area contributed by atoms with E-state index in [9.17, 15) is 18.0 Å². The number of hydrogen-bond acceptors (Lipinski definition) is 8. The van der Waals surface area contributed by atoms with Gasteiger partial charge in [-0.3, -0.25) is 14.9 Å². The van der Waals surface area contributed by atoms with E-state index in [-0.39, 0.29) is 48.0 Å². The van der Waals surface area contributed by atoms with E-state index in [0.717, 1.165) is 11.3 Å². The maximum atomic E-state index is 13.3. The molecule has 2 aromatic rings. The first-order valence-electron chi connectivity index (χ1n) is 13.3. The van der Waals surface area contributed by atoms with Crippen LogP contribution in [-0.4, -0.2) is 52.7 Å². The summed E-state index contributed by atoms with van der Waals surface area (Å²) in [6.07, 6.45) is 1.61. The zero-order valence-electron chi connectivity index (χ0n) is 23.6. The normalized spacial score (nSPS) is 21.1. The predicted octanol–water partition coefficient (Wildman–Crippen LogP) is 7.28. The minimum atomic E-state index is -4.24. The van der Waals surface area contributed by atoms with E-state index < -0.39 is 11.6 Å². The summed E-state index contributed by atoms with van der Waals surface area (Å²) in [6, 6.07) is 13.0. The number of anilines is 2. The van der Waals surface area contributed by atoms with Gasteiger partial charge in [0.05, 0.1) is 17.6 Å². The van der Waals surface area contributed by atoms with Gasteiger partial charge in [0.2, 0.25) is 5.90 Å². The zero-order chi connectivity index (χ0) is 29.9. The summed E-state index contributed by atoms with van der Waals surface area (Å²) in [4.78, 5) is 21.2. The molecule has 222 valence electrons. The molecule has 1 aromatic heterocycles. The summed E-state index contributed by atoms with van der Waals surface area (Å²) in [5, 5.41) is 10.9. The monoisotopic (exact) mass is 607 g/mol. The second-order valence-corrected chi connectivity index (χ2v) is 13.6. The number of nitrogens with one attached hydrogen (secondary N) is 3. The lowest BCUT2D eigenvalue weighted by atomic mass is 9.97. The van der Waals surface area contributed by atoms with E-state index >= 15 is 0 Å². The predicted molar refractivity (Wildman–Crippen MR) is 161 cm³/mol. The molecule has 1 amide bonds. The van der Waals surface area contributed by atoms with Gasteiger partial charge in [0.1, 0.15) is 11.6 Å². The number of amides is 1. The Morgan fingerprint density at radius 1 is 1.17 bits per heavy atom. The fraction of sp³-hybridized carbons (Fsp3) is 0.483. The van der Waals surface area contributed by atoms with Crippen LogP contribution in [0.3, 0.4) is 0 Å². The van der Waals surface area contributed by atoms with E-state index in [1.807, 2.05) is 30.3 Å². The minimum absolute atomic E-state index is 0.0152. The fourth-order valence-corrected chi connectivity index (χ4v) is 6.48. The van der Waals surface area contributed by atoms with Gasteiger partial charge in [-0.1, -0.05) is 18.2 Å². The highest BCUT2D eigenvalue weighted by Gasteiger charge is 2.62. The van der Waals surface area contributed by atoms with Crippen molar-refractivity contribution < 1.29 is 22.7 Å². The standard InChI is InChI=1S/C29H36F3N5O2S2/c1-26(2)18-27(3,40-4)19-37(26)24-21(25(38)36-41-20-8-6-5-7-9-20)10-11-23(35-24)34-16-12-22(33)39-17-15-28(13-14-28)29(30,31)32/h5-12,16,33H,13-15,17-19H2,1-4H3,(H,34,35)(H,36,38)/b16-12-,33-22?. The molecule has 2 heterocycles. The first-order chi connectivity index (χ1) is 19.3. The van der Waals surface area contributed by atoms with Crippen LogP contribution in [0.25, 0.3) is 0 Å². The number of carbonyl (C=O) groups is 1. The smallest absolute Gasteiger partial charge is 0.394 e. The first kappa shape index (κ1) is 31.1. The number of aromatic nitrogens is 1. The highest BCUT2D eigenvalue weighted by Crippen LogP contribution is 2.59. The molecule has 3 N–H and O–H groups in total. The Balaban J connectivity index is 1.46. The van der Waals surface area contributed by atoms with Gasteiger partial charge in [-0.05, 0) is 88.9 Å². The van der Waals surface area contributed by atoms with Crippen molar-refractivity contribution in [3.05, 3.63) is 60.3 Å². The molecule has 0 spiro atoms. The third kappa shape index (κ3) is 7.51. The van der Waals surface area contributed by atoms with Crippen molar-refractivity contribution in [2.24, 2.45) is 5.41 Å². The van der Waals surface area contributed by atoms with Gasteiger partial charge in [0, 0.05) is 34.0 Å². The number of nitrogens with zero attached hydrogens (tertiary/aromatic N) is 2. The number of alkyl halides is 3. The van der Waals surface area contributed by atoms with E-state index in [4.69, 9.17) is 15.1 Å². The van der Waals surface area contributed by atoms with E-state index in [1.165, 1.54) is 24.2 Å². The van der Waals surface area contributed by atoms with Crippen LogP contribution >= 0.6 is 23.7 Å². The molecule has 0 radical (unpaired) electrons. The van der Waals surface area contributed by atoms with Crippen molar-refractivity contribution in [3.8, 4) is 0 Å². The lowest BCUT2D eigenvalue weighted by molar-refractivity contribution is -0.190. The van der Waals surface area contributed by atoms with Crippen molar-refractivity contribution in [2.75, 3.05) is 29.6 Å². The molecule has 1 aliphatic carbocycles. The number of hydrogen-bond donors (Lipinski definition) is 3. The van der Waals surface area contributed by atoms with Crippen molar-refractivity contribution in [1.29, 1.82) is 5.41 Å². The quantitative estimate of drug-likeness (QED) is 0.141. The second-order valence-electron chi connectivity index (χ2n) is 11.4. The Labute approximate surface area is 247 Å². The number of ether oxygens (including phenoxy) is 1. The van der Waals surface area contributed by atoms with Gasteiger partial charge in [-0.15, -0.1) is 0 Å². The van der Waals surface area contributed by atoms with Crippen LogP contribution in [0.2, 0.25) is 0 Å². The molecule has 1 aromatic carbocycles. The summed E-state index contributed by atoms with van der Waals surface area (Å²) in [6.45, 7) is 7.02. The highest BCUT2D eigenvalue weighted by atomic mass is 32.2. The molecule has 12 heteroatoms. The minimum Gasteiger partial charge on any atom is -0.478 e. The Kier molecular flexibility index (Phi) is 9.22. The van der Waals surface area contributed by atoms with Crippen molar-refractivity contribution >= 4 is 47.2 Å². The van der Waals surface area contributed by atoms with Gasteiger partial charge >= 0.3 is 6.18 Å². The lowest BCUT2D eigenvalue weighted by Crippen LogP contribution is -2.40. The summed E-state index contributed by atoms with van der Waals surface area (Å²) in [7, 11) is 0. The van der Waals surface area contributed by atoms with Gasteiger partial charge in [-0.2, -0.15) is 24.9 Å². The largest absolute Gasteiger partial charge is 0.478 e. The Hall–Kier alpha value is -2.86. The number of carbonyl (C=O) groups excluding carboxylic acids is 1. The van der Waals surface area contributed by atoms with Crippen LogP contribution in [0.15, 0.2) is 59.6 Å². The number of benzene rings is 1. The van der Waals surface area contributed by atoms with Gasteiger partial charge in [0.25, 0.3) is 5.91 Å². The molecule has 2 aliphatic rings. The number of halogens is 3. The third-order valence-electron chi connectivity index (χ3n) is 7.66. The Morgan fingerprint density at radius 2 is 1.88 bits per heavy atom. The average Bonchev–Trinajstić information content (AvgIpc) is 3.67. The summed E-state index contributed by atoms with van der Waals surface area (Å²) >= 11 is 3.03.